The topological polar surface area (TPSA) is 78.3 Å². The van der Waals surface area contributed by atoms with E-state index in [0.29, 0.717) is 19.5 Å². The summed E-state index contributed by atoms with van der Waals surface area (Å²) >= 11 is 0. The molecule has 6 nitrogen and oxygen atoms in total. The van der Waals surface area contributed by atoms with Gasteiger partial charge in [-0.15, -0.1) is 0 Å². The highest BCUT2D eigenvalue weighted by molar-refractivity contribution is 5.70. The van der Waals surface area contributed by atoms with Gasteiger partial charge in [-0.2, -0.15) is 0 Å². The Kier molecular flexibility index (Phi) is 8.36. The van der Waals surface area contributed by atoms with Crippen LogP contribution < -0.4 is 0 Å². The number of hydrogen-bond donors (Lipinski definition) is 0. The molecule has 0 spiro atoms. The average molecular weight is 366 g/mol. The van der Waals surface area contributed by atoms with E-state index in [4.69, 9.17) is 10.3 Å². The minimum Gasteiger partial charge on any atom is -0.469 e. The van der Waals surface area contributed by atoms with Gasteiger partial charge in [0.1, 0.15) is 0 Å². The van der Waals surface area contributed by atoms with Crippen molar-refractivity contribution in [2.24, 2.45) is 5.11 Å². The third kappa shape index (κ3) is 6.13. The van der Waals surface area contributed by atoms with Gasteiger partial charge in [-0.3, -0.25) is 9.69 Å². The maximum Gasteiger partial charge on any atom is 0.307 e. The van der Waals surface area contributed by atoms with Gasteiger partial charge in [0.2, 0.25) is 0 Å². The number of methoxy groups -OCH3 is 1. The van der Waals surface area contributed by atoms with Crippen molar-refractivity contribution in [2.45, 2.75) is 31.8 Å². The van der Waals surface area contributed by atoms with E-state index < -0.39 is 0 Å². The number of benzene rings is 2. The first-order valence-corrected chi connectivity index (χ1v) is 9.10. The van der Waals surface area contributed by atoms with Crippen LogP contribution >= 0.6 is 0 Å². The van der Waals surface area contributed by atoms with Crippen molar-refractivity contribution in [3.05, 3.63) is 82.2 Å². The van der Waals surface area contributed by atoms with Crippen molar-refractivity contribution in [1.82, 2.24) is 4.90 Å². The van der Waals surface area contributed by atoms with Gasteiger partial charge in [-0.05, 0) is 36.5 Å². The molecule has 0 unspecified atom stereocenters. The molecule has 0 aliphatic carbocycles. The predicted octanol–water partition coefficient (Wildman–Crippen LogP) is 5.05. The molecule has 0 saturated carbocycles. The number of azide groups is 1. The first-order valence-electron chi connectivity index (χ1n) is 9.10. The van der Waals surface area contributed by atoms with Crippen molar-refractivity contribution >= 4 is 5.97 Å². The van der Waals surface area contributed by atoms with Gasteiger partial charge < -0.3 is 4.74 Å². The van der Waals surface area contributed by atoms with Crippen LogP contribution in [0.4, 0.5) is 0 Å². The molecule has 0 aromatic heterocycles. The normalized spacial score (nSPS) is 12.9. The molecule has 6 heteroatoms. The Morgan fingerprint density at radius 2 is 1.70 bits per heavy atom. The number of rotatable bonds is 10. The van der Waals surface area contributed by atoms with Crippen LogP contribution in [0.3, 0.4) is 0 Å². The van der Waals surface area contributed by atoms with Crippen molar-refractivity contribution in [3.8, 4) is 0 Å². The summed E-state index contributed by atoms with van der Waals surface area (Å²) in [4.78, 5) is 17.2. The molecule has 0 saturated heterocycles. The highest BCUT2D eigenvalue weighted by Crippen LogP contribution is 2.33. The molecule has 2 atom stereocenters. The molecule has 0 aliphatic rings. The molecule has 0 radical (unpaired) electrons. The van der Waals surface area contributed by atoms with Gasteiger partial charge in [0.25, 0.3) is 0 Å². The highest BCUT2D eigenvalue weighted by atomic mass is 16.5. The van der Waals surface area contributed by atoms with E-state index in [1.165, 1.54) is 12.7 Å². The summed E-state index contributed by atoms with van der Waals surface area (Å²) in [5.74, 6) is -0.246. The fourth-order valence-electron chi connectivity index (χ4n) is 3.25. The van der Waals surface area contributed by atoms with Gasteiger partial charge >= 0.3 is 5.97 Å². The summed E-state index contributed by atoms with van der Waals surface area (Å²) in [5.41, 5.74) is 10.8. The Hall–Kier alpha value is -2.82. The van der Waals surface area contributed by atoms with Crippen LogP contribution in [0.25, 0.3) is 10.4 Å². The zero-order valence-electron chi connectivity index (χ0n) is 15.9. The maximum absolute atomic E-state index is 12.1. The van der Waals surface area contributed by atoms with Gasteiger partial charge in [-0.25, -0.2) is 0 Å². The quantitative estimate of drug-likeness (QED) is 0.194. The summed E-state index contributed by atoms with van der Waals surface area (Å²) in [5, 5.41) is 3.65. The summed E-state index contributed by atoms with van der Waals surface area (Å²) in [6, 6.07) is 20.1. The molecule has 2 aromatic rings. The monoisotopic (exact) mass is 366 g/mol. The van der Waals surface area contributed by atoms with Crippen molar-refractivity contribution in [3.63, 3.8) is 0 Å². The Morgan fingerprint density at radius 3 is 2.26 bits per heavy atom. The molecule has 0 N–H and O–H groups in total. The van der Waals surface area contributed by atoms with Crippen molar-refractivity contribution in [1.29, 1.82) is 0 Å². The third-order valence-corrected chi connectivity index (χ3v) is 4.69. The molecule has 0 heterocycles. The molecule has 2 rings (SSSR count). The van der Waals surface area contributed by atoms with Crippen LogP contribution in [0, 0.1) is 0 Å². The minimum absolute atomic E-state index is 0.0899. The van der Waals surface area contributed by atoms with Crippen LogP contribution in [0.2, 0.25) is 0 Å². The van der Waals surface area contributed by atoms with E-state index in [9.17, 15) is 4.79 Å². The van der Waals surface area contributed by atoms with E-state index in [0.717, 1.165) is 5.56 Å². The predicted molar refractivity (Wildman–Crippen MR) is 106 cm³/mol. The molecular weight excluding hydrogens is 340 g/mol. The number of carbonyl (C=O) groups excluding carboxylic acids is 1. The van der Waals surface area contributed by atoms with Crippen LogP contribution in [0.1, 0.15) is 43.0 Å². The Morgan fingerprint density at radius 1 is 1.11 bits per heavy atom. The summed E-state index contributed by atoms with van der Waals surface area (Å²) < 4.78 is 4.95. The number of nitrogens with zero attached hydrogens (tertiary/aromatic N) is 4. The zero-order chi connectivity index (χ0) is 19.5. The molecule has 142 valence electrons. The highest BCUT2D eigenvalue weighted by Gasteiger charge is 2.28. The standard InChI is InChI=1S/C21H26N4O2/c1-17(18-10-5-3-6-11-18)25(15-9-14-23-24-22)20(16-21(26)27-2)19-12-7-4-8-13-19/h3-8,10-13,17,20H,9,14-16H2,1-2H3/t17-,20+/m1/s1. The van der Waals surface area contributed by atoms with E-state index >= 15 is 0 Å². The van der Waals surface area contributed by atoms with Gasteiger partial charge in [-0.1, -0.05) is 65.8 Å². The first-order chi connectivity index (χ1) is 13.2. The lowest BCUT2D eigenvalue weighted by Crippen LogP contribution is -2.34. The minimum atomic E-state index is -0.246. The van der Waals surface area contributed by atoms with Gasteiger partial charge in [0.15, 0.2) is 0 Å². The number of hydrogen-bond acceptors (Lipinski definition) is 4. The number of carbonyl (C=O) groups is 1. The lowest BCUT2D eigenvalue weighted by Gasteiger charge is -2.36. The summed E-state index contributed by atoms with van der Waals surface area (Å²) in [7, 11) is 1.41. The van der Waals surface area contributed by atoms with Crippen LogP contribution in [0.5, 0.6) is 0 Å². The van der Waals surface area contributed by atoms with E-state index in [1.807, 2.05) is 48.5 Å². The summed E-state index contributed by atoms with van der Waals surface area (Å²) in [6.07, 6.45) is 0.977. The van der Waals surface area contributed by atoms with Crippen LogP contribution in [0.15, 0.2) is 65.8 Å². The molecular formula is C21H26N4O2. The lowest BCUT2D eigenvalue weighted by molar-refractivity contribution is -0.142. The lowest BCUT2D eigenvalue weighted by atomic mass is 9.97. The zero-order valence-corrected chi connectivity index (χ0v) is 15.9. The second-order valence-electron chi connectivity index (χ2n) is 6.34. The van der Waals surface area contributed by atoms with Crippen molar-refractivity contribution in [2.75, 3.05) is 20.2 Å². The fraction of sp³-hybridized carbons (Fsp3) is 0.381. The Labute approximate surface area is 160 Å². The van der Waals surface area contributed by atoms with E-state index in [1.54, 1.807) is 0 Å². The van der Waals surface area contributed by atoms with Gasteiger partial charge in [0, 0.05) is 23.5 Å². The second-order valence-corrected chi connectivity index (χ2v) is 6.34. The third-order valence-electron chi connectivity index (χ3n) is 4.69. The SMILES string of the molecule is COC(=O)C[C@@H](c1ccccc1)N(CCCN=[N+]=[N-])[C@H](C)c1ccccc1. The molecule has 0 amide bonds. The van der Waals surface area contributed by atoms with E-state index in [2.05, 4.69) is 34.0 Å². The van der Waals surface area contributed by atoms with E-state index in [-0.39, 0.29) is 24.5 Å². The second kappa shape index (κ2) is 11.0. The molecule has 27 heavy (non-hydrogen) atoms. The Bertz CT molecular complexity index is 745. The first kappa shape index (κ1) is 20.5. The molecule has 0 bridgehead atoms. The molecule has 0 fully saturated rings. The van der Waals surface area contributed by atoms with Crippen LogP contribution in [-0.2, 0) is 9.53 Å². The smallest absolute Gasteiger partial charge is 0.307 e. The average Bonchev–Trinajstić information content (AvgIpc) is 2.73. The fourth-order valence-corrected chi connectivity index (χ4v) is 3.25. The molecule has 2 aromatic carbocycles. The van der Waals surface area contributed by atoms with Gasteiger partial charge in [0.05, 0.1) is 13.5 Å². The number of ether oxygens (including phenoxy) is 1. The maximum atomic E-state index is 12.1. The summed E-state index contributed by atoms with van der Waals surface area (Å²) in [6.45, 7) is 3.26. The van der Waals surface area contributed by atoms with Crippen LogP contribution in [-0.4, -0.2) is 31.1 Å². The van der Waals surface area contributed by atoms with Crippen molar-refractivity contribution < 1.29 is 9.53 Å². The molecule has 0 aliphatic heterocycles. The Balaban J connectivity index is 2.35. The largest absolute Gasteiger partial charge is 0.469 e. The number of esters is 1.